The Hall–Kier alpha value is 0.0900. The molecule has 58 valence electrons. The molecule has 0 spiro atoms. The van der Waals surface area contributed by atoms with Crippen molar-refractivity contribution in [2.45, 2.75) is 32.1 Å². The van der Waals surface area contributed by atoms with Gasteiger partial charge in [-0.1, -0.05) is 25.0 Å². The highest BCUT2D eigenvalue weighted by Gasteiger charge is 2.10. The van der Waals surface area contributed by atoms with E-state index in [0.717, 1.165) is 18.1 Å². The van der Waals surface area contributed by atoms with E-state index in [9.17, 15) is 0 Å². The minimum absolute atomic E-state index is 0.903. The molecule has 0 heterocycles. The third kappa shape index (κ3) is 2.78. The van der Waals surface area contributed by atoms with E-state index < -0.39 is 0 Å². The lowest BCUT2D eigenvalue weighted by Gasteiger charge is -1.98. The van der Waals surface area contributed by atoms with E-state index in [4.69, 9.17) is 0 Å². The van der Waals surface area contributed by atoms with E-state index in [2.05, 4.69) is 24.8 Å². The van der Waals surface area contributed by atoms with Crippen LogP contribution in [0.5, 0.6) is 0 Å². The second kappa shape index (κ2) is 4.84. The first kappa shape index (κ1) is 8.19. The number of hydrogen-bond donors (Lipinski definition) is 1. The third-order valence-electron chi connectivity index (χ3n) is 2.10. The van der Waals surface area contributed by atoms with Crippen molar-refractivity contribution in [3.63, 3.8) is 0 Å². The van der Waals surface area contributed by atoms with Crippen molar-refractivity contribution >= 4 is 12.6 Å². The molecule has 1 rings (SSSR count). The second-order valence-electron chi connectivity index (χ2n) is 2.98. The summed E-state index contributed by atoms with van der Waals surface area (Å²) in [5.74, 6) is 1.89. The van der Waals surface area contributed by atoms with Crippen LogP contribution >= 0.6 is 12.6 Å². The van der Waals surface area contributed by atoms with Gasteiger partial charge in [0.1, 0.15) is 0 Å². The minimum atomic E-state index is 0.903. The number of rotatable bonds is 3. The molecule has 0 N–H and O–H groups in total. The topological polar surface area (TPSA) is 0 Å². The van der Waals surface area contributed by atoms with Crippen LogP contribution in [0.15, 0.2) is 12.2 Å². The molecule has 1 saturated carbocycles. The Bertz CT molecular complexity index is 101. The van der Waals surface area contributed by atoms with Gasteiger partial charge in [0, 0.05) is 0 Å². The highest BCUT2D eigenvalue weighted by Crippen LogP contribution is 2.25. The van der Waals surface area contributed by atoms with Gasteiger partial charge in [-0.25, -0.2) is 0 Å². The Morgan fingerprint density at radius 1 is 1.30 bits per heavy atom. The molecule has 0 bridgehead atoms. The standard InChI is InChI=1S/C9H16S/c10-8-4-3-7-9-5-1-2-6-9/h3,7,9-10H,1-2,4-6,8H2. The smallest absolute Gasteiger partial charge is 0.00633 e. The maximum atomic E-state index is 4.15. The quantitative estimate of drug-likeness (QED) is 0.471. The van der Waals surface area contributed by atoms with Crippen LogP contribution in [0.25, 0.3) is 0 Å². The predicted molar refractivity (Wildman–Crippen MR) is 49.6 cm³/mol. The van der Waals surface area contributed by atoms with Crippen molar-refractivity contribution < 1.29 is 0 Å². The molecule has 1 fully saturated rings. The zero-order valence-corrected chi connectivity index (χ0v) is 7.32. The van der Waals surface area contributed by atoms with Crippen molar-refractivity contribution in [2.24, 2.45) is 5.92 Å². The fraction of sp³-hybridized carbons (Fsp3) is 0.778. The van der Waals surface area contributed by atoms with Crippen LogP contribution in [-0.2, 0) is 0 Å². The van der Waals surface area contributed by atoms with E-state index in [1.54, 1.807) is 0 Å². The highest BCUT2D eigenvalue weighted by atomic mass is 32.1. The third-order valence-corrected chi connectivity index (χ3v) is 2.36. The van der Waals surface area contributed by atoms with Gasteiger partial charge in [-0.15, -0.1) is 0 Å². The molecular formula is C9H16S. The van der Waals surface area contributed by atoms with Crippen molar-refractivity contribution in [1.29, 1.82) is 0 Å². The Morgan fingerprint density at radius 2 is 2.00 bits per heavy atom. The average Bonchev–Trinajstić information content (AvgIpc) is 2.41. The summed E-state index contributed by atoms with van der Waals surface area (Å²) in [5, 5.41) is 0. The summed E-state index contributed by atoms with van der Waals surface area (Å²) in [7, 11) is 0. The van der Waals surface area contributed by atoms with Gasteiger partial charge in [0.05, 0.1) is 0 Å². The van der Waals surface area contributed by atoms with Gasteiger partial charge in [-0.05, 0) is 30.9 Å². The number of thiol groups is 1. The van der Waals surface area contributed by atoms with E-state index in [0.29, 0.717) is 0 Å². The van der Waals surface area contributed by atoms with Crippen LogP contribution in [0.4, 0.5) is 0 Å². The maximum Gasteiger partial charge on any atom is -0.00633 e. The van der Waals surface area contributed by atoms with Crippen molar-refractivity contribution in [3.05, 3.63) is 12.2 Å². The fourth-order valence-electron chi connectivity index (χ4n) is 1.51. The highest BCUT2D eigenvalue weighted by molar-refractivity contribution is 7.80. The summed E-state index contributed by atoms with van der Waals surface area (Å²) in [4.78, 5) is 0. The van der Waals surface area contributed by atoms with Gasteiger partial charge in [-0.3, -0.25) is 0 Å². The second-order valence-corrected chi connectivity index (χ2v) is 3.43. The predicted octanol–water partition coefficient (Wildman–Crippen LogP) is 3.05. The molecule has 0 aromatic rings. The molecule has 0 aromatic carbocycles. The van der Waals surface area contributed by atoms with E-state index in [1.807, 2.05) is 0 Å². The van der Waals surface area contributed by atoms with Gasteiger partial charge in [0.2, 0.25) is 0 Å². The molecule has 1 aliphatic rings. The van der Waals surface area contributed by atoms with Crippen LogP contribution in [0.1, 0.15) is 32.1 Å². The lowest BCUT2D eigenvalue weighted by molar-refractivity contribution is 0.683. The van der Waals surface area contributed by atoms with Crippen LogP contribution in [0, 0.1) is 5.92 Å². The summed E-state index contributed by atoms with van der Waals surface area (Å²) < 4.78 is 0. The maximum absolute atomic E-state index is 4.15. The largest absolute Gasteiger partial charge is 0.179 e. The van der Waals surface area contributed by atoms with Crippen LogP contribution in [0.3, 0.4) is 0 Å². The first-order valence-electron chi connectivity index (χ1n) is 4.21. The molecule has 10 heavy (non-hydrogen) atoms. The number of hydrogen-bond acceptors (Lipinski definition) is 1. The lowest BCUT2D eigenvalue weighted by atomic mass is 10.1. The summed E-state index contributed by atoms with van der Waals surface area (Å²) >= 11 is 4.15. The lowest BCUT2D eigenvalue weighted by Crippen LogP contribution is -1.84. The zero-order chi connectivity index (χ0) is 7.23. The van der Waals surface area contributed by atoms with E-state index >= 15 is 0 Å². The Morgan fingerprint density at radius 3 is 2.60 bits per heavy atom. The van der Waals surface area contributed by atoms with Crippen LogP contribution in [-0.4, -0.2) is 5.75 Å². The summed E-state index contributed by atoms with van der Waals surface area (Å²) in [6.07, 6.45) is 11.5. The molecule has 0 aromatic heterocycles. The molecule has 0 aliphatic heterocycles. The normalized spacial score (nSPS) is 20.9. The molecule has 0 amide bonds. The molecule has 1 aliphatic carbocycles. The van der Waals surface area contributed by atoms with Gasteiger partial charge in [-0.2, -0.15) is 12.6 Å². The SMILES string of the molecule is SCCC=CC1CCCC1. The van der Waals surface area contributed by atoms with Gasteiger partial charge < -0.3 is 0 Å². The van der Waals surface area contributed by atoms with E-state index in [-0.39, 0.29) is 0 Å². The monoisotopic (exact) mass is 156 g/mol. The van der Waals surface area contributed by atoms with Crippen molar-refractivity contribution in [1.82, 2.24) is 0 Å². The Kier molecular flexibility index (Phi) is 3.96. The van der Waals surface area contributed by atoms with Crippen molar-refractivity contribution in [3.8, 4) is 0 Å². The van der Waals surface area contributed by atoms with Crippen molar-refractivity contribution in [2.75, 3.05) is 5.75 Å². The fourth-order valence-corrected chi connectivity index (χ4v) is 1.66. The van der Waals surface area contributed by atoms with Crippen LogP contribution in [0.2, 0.25) is 0 Å². The Labute approximate surface area is 69.1 Å². The van der Waals surface area contributed by atoms with E-state index in [1.165, 1.54) is 25.7 Å². The minimum Gasteiger partial charge on any atom is -0.179 e. The Balaban J connectivity index is 2.10. The van der Waals surface area contributed by atoms with Gasteiger partial charge in [0.15, 0.2) is 0 Å². The molecule has 0 nitrogen and oxygen atoms in total. The molecule has 0 unspecified atom stereocenters. The first-order valence-corrected chi connectivity index (χ1v) is 4.84. The van der Waals surface area contributed by atoms with Crippen LogP contribution < -0.4 is 0 Å². The molecule has 0 radical (unpaired) electrons. The average molecular weight is 156 g/mol. The van der Waals surface area contributed by atoms with Gasteiger partial charge >= 0.3 is 0 Å². The molecule has 0 atom stereocenters. The first-order chi connectivity index (χ1) is 4.93. The van der Waals surface area contributed by atoms with Gasteiger partial charge in [0.25, 0.3) is 0 Å². The zero-order valence-electron chi connectivity index (χ0n) is 6.42. The molecule has 0 saturated heterocycles. The summed E-state index contributed by atoms with van der Waals surface area (Å²) in [6.45, 7) is 0. The molecular weight excluding hydrogens is 140 g/mol. The number of allylic oxidation sites excluding steroid dienone is 2. The summed E-state index contributed by atoms with van der Waals surface area (Å²) in [6, 6.07) is 0. The summed E-state index contributed by atoms with van der Waals surface area (Å²) in [5.41, 5.74) is 0. The molecule has 1 heteroatoms.